The molecule has 1 saturated heterocycles. The van der Waals surface area contributed by atoms with Crippen molar-refractivity contribution < 1.29 is 9.31 Å². The molecule has 22 heavy (non-hydrogen) atoms. The largest absolute Gasteiger partial charge is 0.464 e. The number of hydrogen-bond donors (Lipinski definition) is 0. The van der Waals surface area contributed by atoms with E-state index in [0.717, 1.165) is 37.4 Å². The molecule has 0 bridgehead atoms. The van der Waals surface area contributed by atoms with E-state index in [1.165, 1.54) is 77.0 Å². The quantitative estimate of drug-likeness (QED) is 0.663. The molecule has 0 spiro atoms. The van der Waals surface area contributed by atoms with E-state index in [4.69, 9.17) is 9.31 Å². The van der Waals surface area contributed by atoms with Crippen LogP contribution < -0.4 is 0 Å². The minimum Gasteiger partial charge on any atom is -0.411 e. The third-order valence-corrected chi connectivity index (χ3v) is 7.42. The standard InChI is InChI=1S/C19H33BO2/c1-2-9-16(8-1)19(17-10-3-4-11-17,18-12-5-6-13-18)20-21-14-7-15-22-20/h16-18H,1-15H2. The molecule has 0 aromatic rings. The lowest BCUT2D eigenvalue weighted by atomic mass is 9.39. The van der Waals surface area contributed by atoms with Gasteiger partial charge in [0.05, 0.1) is 0 Å². The Bertz CT molecular complexity index is 308. The molecule has 1 aliphatic heterocycles. The average molecular weight is 304 g/mol. The smallest absolute Gasteiger partial charge is 0.411 e. The van der Waals surface area contributed by atoms with E-state index in [1.54, 1.807) is 0 Å². The average Bonchev–Trinajstić information content (AvgIpc) is 3.34. The van der Waals surface area contributed by atoms with Gasteiger partial charge in [0.1, 0.15) is 0 Å². The molecule has 0 atom stereocenters. The van der Waals surface area contributed by atoms with Crippen LogP contribution in [-0.4, -0.2) is 20.3 Å². The van der Waals surface area contributed by atoms with Crippen molar-refractivity contribution in [2.75, 3.05) is 13.2 Å². The fourth-order valence-corrected chi connectivity index (χ4v) is 6.63. The Morgan fingerprint density at radius 1 is 0.545 bits per heavy atom. The van der Waals surface area contributed by atoms with Gasteiger partial charge in [-0.05, 0) is 24.2 Å². The van der Waals surface area contributed by atoms with Gasteiger partial charge in [-0.1, -0.05) is 77.0 Å². The molecule has 4 aliphatic rings. The third kappa shape index (κ3) is 2.57. The minimum absolute atomic E-state index is 0.121. The lowest BCUT2D eigenvalue weighted by Crippen LogP contribution is -2.52. The van der Waals surface area contributed by atoms with E-state index in [2.05, 4.69) is 0 Å². The van der Waals surface area contributed by atoms with Gasteiger partial charge in [-0.3, -0.25) is 0 Å². The second-order valence-electron chi connectivity index (χ2n) is 8.37. The molecule has 1 heterocycles. The van der Waals surface area contributed by atoms with Crippen LogP contribution >= 0.6 is 0 Å². The van der Waals surface area contributed by atoms with Crippen LogP contribution in [0.5, 0.6) is 0 Å². The zero-order valence-corrected chi connectivity index (χ0v) is 14.2. The van der Waals surface area contributed by atoms with Gasteiger partial charge in [0.25, 0.3) is 0 Å². The van der Waals surface area contributed by atoms with E-state index in [1.807, 2.05) is 0 Å². The van der Waals surface area contributed by atoms with Crippen molar-refractivity contribution in [2.45, 2.75) is 88.8 Å². The Hall–Kier alpha value is -0.0151. The molecule has 0 unspecified atom stereocenters. The normalized spacial score (nSPS) is 29.7. The Morgan fingerprint density at radius 2 is 0.909 bits per heavy atom. The van der Waals surface area contributed by atoms with Gasteiger partial charge >= 0.3 is 7.12 Å². The maximum atomic E-state index is 6.36. The van der Waals surface area contributed by atoms with Crippen LogP contribution in [0.1, 0.15) is 83.5 Å². The summed E-state index contributed by atoms with van der Waals surface area (Å²) >= 11 is 0. The van der Waals surface area contributed by atoms with E-state index in [9.17, 15) is 0 Å². The summed E-state index contributed by atoms with van der Waals surface area (Å²) in [5, 5.41) is 0.365. The zero-order valence-electron chi connectivity index (χ0n) is 14.2. The lowest BCUT2D eigenvalue weighted by molar-refractivity contribution is 0.0532. The second-order valence-corrected chi connectivity index (χ2v) is 8.37. The Labute approximate surface area is 136 Å². The van der Waals surface area contributed by atoms with Gasteiger partial charge in [-0.25, -0.2) is 0 Å². The van der Waals surface area contributed by atoms with E-state index in [-0.39, 0.29) is 7.12 Å². The summed E-state index contributed by atoms with van der Waals surface area (Å²) in [6.07, 6.45) is 18.4. The summed E-state index contributed by atoms with van der Waals surface area (Å²) in [5.74, 6) is 2.63. The van der Waals surface area contributed by atoms with Crippen molar-refractivity contribution in [1.82, 2.24) is 0 Å². The first kappa shape index (κ1) is 15.5. The first-order valence-electron chi connectivity index (χ1n) is 10.2. The molecule has 4 fully saturated rings. The van der Waals surface area contributed by atoms with Gasteiger partial charge < -0.3 is 9.31 Å². The maximum Gasteiger partial charge on any atom is 0.464 e. The molecular weight excluding hydrogens is 271 g/mol. The van der Waals surface area contributed by atoms with Crippen molar-refractivity contribution in [3.63, 3.8) is 0 Å². The highest BCUT2D eigenvalue weighted by Gasteiger charge is 2.61. The first-order valence-corrected chi connectivity index (χ1v) is 10.2. The molecule has 0 radical (unpaired) electrons. The molecule has 0 aromatic heterocycles. The second kappa shape index (κ2) is 6.85. The van der Waals surface area contributed by atoms with Gasteiger partial charge in [0.2, 0.25) is 0 Å². The summed E-state index contributed by atoms with van der Waals surface area (Å²) in [5.41, 5.74) is 0. The molecule has 0 N–H and O–H groups in total. The van der Waals surface area contributed by atoms with Crippen molar-refractivity contribution in [3.8, 4) is 0 Å². The highest BCUT2D eigenvalue weighted by atomic mass is 16.6. The first-order chi connectivity index (χ1) is 10.9. The predicted molar refractivity (Wildman–Crippen MR) is 90.8 cm³/mol. The lowest BCUT2D eigenvalue weighted by Gasteiger charge is -2.51. The summed E-state index contributed by atoms with van der Waals surface area (Å²) in [4.78, 5) is 0. The van der Waals surface area contributed by atoms with E-state index in [0.29, 0.717) is 5.31 Å². The van der Waals surface area contributed by atoms with Crippen LogP contribution in [0.2, 0.25) is 5.31 Å². The highest BCUT2D eigenvalue weighted by molar-refractivity contribution is 6.49. The molecular formula is C19H33BO2. The molecule has 3 aliphatic carbocycles. The molecule has 3 saturated carbocycles. The predicted octanol–water partition coefficient (Wildman–Crippen LogP) is 5.22. The minimum atomic E-state index is 0.121. The fraction of sp³-hybridized carbons (Fsp3) is 1.00. The Balaban J connectivity index is 1.71. The summed E-state index contributed by atoms with van der Waals surface area (Å²) < 4.78 is 12.7. The Kier molecular flexibility index (Phi) is 4.83. The summed E-state index contributed by atoms with van der Waals surface area (Å²) in [6.45, 7) is 1.86. The number of rotatable bonds is 4. The highest BCUT2D eigenvalue weighted by Crippen LogP contribution is 2.65. The van der Waals surface area contributed by atoms with Gasteiger partial charge in [-0.2, -0.15) is 0 Å². The molecule has 124 valence electrons. The molecule has 3 heteroatoms. The van der Waals surface area contributed by atoms with Crippen LogP contribution in [0.3, 0.4) is 0 Å². The van der Waals surface area contributed by atoms with E-state index < -0.39 is 0 Å². The molecule has 0 amide bonds. The monoisotopic (exact) mass is 304 g/mol. The van der Waals surface area contributed by atoms with Crippen molar-refractivity contribution >= 4 is 7.12 Å². The van der Waals surface area contributed by atoms with Gasteiger partial charge in [0, 0.05) is 18.5 Å². The van der Waals surface area contributed by atoms with Crippen LogP contribution in [0.15, 0.2) is 0 Å². The van der Waals surface area contributed by atoms with Crippen molar-refractivity contribution in [3.05, 3.63) is 0 Å². The number of hydrogen-bond acceptors (Lipinski definition) is 2. The van der Waals surface area contributed by atoms with Crippen LogP contribution in [0, 0.1) is 17.8 Å². The molecule has 4 rings (SSSR count). The van der Waals surface area contributed by atoms with Crippen molar-refractivity contribution in [1.29, 1.82) is 0 Å². The van der Waals surface area contributed by atoms with Crippen LogP contribution in [0.4, 0.5) is 0 Å². The summed E-state index contributed by atoms with van der Waals surface area (Å²) in [6, 6.07) is 0. The van der Waals surface area contributed by atoms with Crippen LogP contribution in [0.25, 0.3) is 0 Å². The zero-order chi connectivity index (χ0) is 14.8. The Morgan fingerprint density at radius 3 is 1.27 bits per heavy atom. The van der Waals surface area contributed by atoms with Crippen molar-refractivity contribution in [2.24, 2.45) is 17.8 Å². The summed E-state index contributed by atoms with van der Waals surface area (Å²) in [7, 11) is 0.121. The molecule has 2 nitrogen and oxygen atoms in total. The fourth-order valence-electron chi connectivity index (χ4n) is 6.63. The van der Waals surface area contributed by atoms with Crippen LogP contribution in [-0.2, 0) is 9.31 Å². The third-order valence-electron chi connectivity index (χ3n) is 7.42. The van der Waals surface area contributed by atoms with Gasteiger partial charge in [0.15, 0.2) is 0 Å². The molecule has 0 aromatic carbocycles. The maximum absolute atomic E-state index is 6.36. The SMILES string of the molecule is C1COB(C(C2CCCC2)(C2CCCC2)C2CCCC2)OC1. The van der Waals surface area contributed by atoms with Gasteiger partial charge in [-0.15, -0.1) is 0 Å². The topological polar surface area (TPSA) is 18.5 Å². The van der Waals surface area contributed by atoms with E-state index >= 15 is 0 Å².